The van der Waals surface area contributed by atoms with E-state index >= 15 is 0 Å². The second kappa shape index (κ2) is 7.25. The number of carbonyl (C=O) groups is 2. The van der Waals surface area contributed by atoms with Crippen molar-refractivity contribution in [1.29, 1.82) is 0 Å². The van der Waals surface area contributed by atoms with Gasteiger partial charge in [-0.1, -0.05) is 50.1 Å². The number of amides is 1. The quantitative estimate of drug-likeness (QED) is 0.785. The standard InChI is InChI=1S/C17H23NO3/c1-2-3-7-10-18-12-15(17(20)21)14(16(18)19)11-13-8-5-4-6-9-13/h4-6,8-9,14-15H,2-3,7,10-12H2,1H3,(H,20,21). The smallest absolute Gasteiger partial charge is 0.309 e. The lowest BCUT2D eigenvalue weighted by atomic mass is 9.89. The summed E-state index contributed by atoms with van der Waals surface area (Å²) < 4.78 is 0. The molecule has 0 radical (unpaired) electrons. The summed E-state index contributed by atoms with van der Waals surface area (Å²) in [4.78, 5) is 25.7. The average Bonchev–Trinajstić information content (AvgIpc) is 2.78. The van der Waals surface area contributed by atoms with E-state index in [-0.39, 0.29) is 5.91 Å². The summed E-state index contributed by atoms with van der Waals surface area (Å²) in [5, 5.41) is 9.39. The molecule has 21 heavy (non-hydrogen) atoms. The van der Waals surface area contributed by atoms with Crippen LogP contribution in [0.15, 0.2) is 30.3 Å². The molecule has 4 nitrogen and oxygen atoms in total. The molecule has 1 heterocycles. The number of benzene rings is 1. The Balaban J connectivity index is 2.06. The molecule has 1 aromatic rings. The topological polar surface area (TPSA) is 57.6 Å². The van der Waals surface area contributed by atoms with Gasteiger partial charge in [0, 0.05) is 13.1 Å². The van der Waals surface area contributed by atoms with Crippen molar-refractivity contribution in [3.63, 3.8) is 0 Å². The van der Waals surface area contributed by atoms with E-state index in [1.54, 1.807) is 4.90 Å². The molecule has 0 bridgehead atoms. The first-order valence-corrected chi connectivity index (χ1v) is 7.69. The van der Waals surface area contributed by atoms with Gasteiger partial charge in [0.05, 0.1) is 11.8 Å². The highest BCUT2D eigenvalue weighted by molar-refractivity contribution is 5.88. The van der Waals surface area contributed by atoms with E-state index in [1.807, 2.05) is 30.3 Å². The summed E-state index contributed by atoms with van der Waals surface area (Å²) >= 11 is 0. The number of hydrogen-bond acceptors (Lipinski definition) is 2. The van der Waals surface area contributed by atoms with Crippen LogP contribution in [0.5, 0.6) is 0 Å². The van der Waals surface area contributed by atoms with E-state index in [2.05, 4.69) is 6.92 Å². The van der Waals surface area contributed by atoms with Gasteiger partial charge in [-0.15, -0.1) is 0 Å². The maximum absolute atomic E-state index is 12.5. The van der Waals surface area contributed by atoms with Crippen LogP contribution in [0.25, 0.3) is 0 Å². The van der Waals surface area contributed by atoms with Crippen LogP contribution in [0, 0.1) is 11.8 Å². The van der Waals surface area contributed by atoms with Crippen molar-refractivity contribution in [2.75, 3.05) is 13.1 Å². The van der Waals surface area contributed by atoms with Crippen LogP contribution in [0.4, 0.5) is 0 Å². The van der Waals surface area contributed by atoms with Crippen LogP contribution in [-0.2, 0) is 16.0 Å². The van der Waals surface area contributed by atoms with Gasteiger partial charge in [-0.2, -0.15) is 0 Å². The molecular weight excluding hydrogens is 266 g/mol. The van der Waals surface area contributed by atoms with Gasteiger partial charge in [0.25, 0.3) is 0 Å². The second-order valence-electron chi connectivity index (χ2n) is 5.73. The van der Waals surface area contributed by atoms with Crippen LogP contribution >= 0.6 is 0 Å². The largest absolute Gasteiger partial charge is 0.481 e. The summed E-state index contributed by atoms with van der Waals surface area (Å²) in [5.41, 5.74) is 1.03. The number of carbonyl (C=O) groups excluding carboxylic acids is 1. The average molecular weight is 289 g/mol. The molecule has 0 saturated carbocycles. The first-order chi connectivity index (χ1) is 10.1. The highest BCUT2D eigenvalue weighted by Gasteiger charge is 2.43. The van der Waals surface area contributed by atoms with Crippen molar-refractivity contribution in [2.24, 2.45) is 11.8 Å². The van der Waals surface area contributed by atoms with Crippen LogP contribution in [0.3, 0.4) is 0 Å². The number of hydrogen-bond donors (Lipinski definition) is 1. The molecule has 2 rings (SSSR count). The molecule has 1 fully saturated rings. The van der Waals surface area contributed by atoms with Gasteiger partial charge >= 0.3 is 5.97 Å². The zero-order valence-electron chi connectivity index (χ0n) is 12.5. The maximum Gasteiger partial charge on any atom is 0.309 e. The Labute approximate surface area is 125 Å². The maximum atomic E-state index is 12.5. The zero-order valence-corrected chi connectivity index (χ0v) is 12.5. The van der Waals surface area contributed by atoms with Crippen LogP contribution in [0.2, 0.25) is 0 Å². The molecule has 2 atom stereocenters. The first kappa shape index (κ1) is 15.5. The van der Waals surface area contributed by atoms with Crippen molar-refractivity contribution in [3.05, 3.63) is 35.9 Å². The van der Waals surface area contributed by atoms with Gasteiger partial charge < -0.3 is 10.0 Å². The zero-order chi connectivity index (χ0) is 15.2. The first-order valence-electron chi connectivity index (χ1n) is 7.69. The van der Waals surface area contributed by atoms with E-state index in [9.17, 15) is 14.7 Å². The third kappa shape index (κ3) is 3.84. The SMILES string of the molecule is CCCCCN1CC(C(=O)O)C(Cc2ccccc2)C1=O. The molecule has 114 valence electrons. The number of nitrogens with zero attached hydrogens (tertiary/aromatic N) is 1. The number of carboxylic acid groups (broad SMARTS) is 1. The minimum Gasteiger partial charge on any atom is -0.481 e. The monoisotopic (exact) mass is 289 g/mol. The number of rotatable bonds is 7. The summed E-state index contributed by atoms with van der Waals surface area (Å²) in [6.07, 6.45) is 3.64. The fraction of sp³-hybridized carbons (Fsp3) is 0.529. The third-order valence-electron chi connectivity index (χ3n) is 4.18. The van der Waals surface area contributed by atoms with Crippen molar-refractivity contribution < 1.29 is 14.7 Å². The molecular formula is C17H23NO3. The van der Waals surface area contributed by atoms with Gasteiger partial charge in [0.1, 0.15) is 0 Å². The van der Waals surface area contributed by atoms with Crippen molar-refractivity contribution >= 4 is 11.9 Å². The van der Waals surface area contributed by atoms with E-state index in [1.165, 1.54) is 0 Å². The predicted molar refractivity (Wildman–Crippen MR) is 80.9 cm³/mol. The van der Waals surface area contributed by atoms with E-state index in [4.69, 9.17) is 0 Å². The summed E-state index contributed by atoms with van der Waals surface area (Å²) in [6.45, 7) is 3.15. The fourth-order valence-electron chi connectivity index (χ4n) is 2.96. The molecule has 1 amide bonds. The summed E-state index contributed by atoms with van der Waals surface area (Å²) in [6, 6.07) is 9.66. The fourth-order valence-corrected chi connectivity index (χ4v) is 2.96. The molecule has 1 saturated heterocycles. The Morgan fingerprint density at radius 2 is 2.00 bits per heavy atom. The molecule has 1 aliphatic rings. The van der Waals surface area contributed by atoms with Crippen molar-refractivity contribution in [2.45, 2.75) is 32.6 Å². The lowest BCUT2D eigenvalue weighted by Gasteiger charge is -2.16. The summed E-state index contributed by atoms with van der Waals surface area (Å²) in [7, 11) is 0. The Bertz CT molecular complexity index is 486. The second-order valence-corrected chi connectivity index (χ2v) is 5.73. The molecule has 0 aliphatic carbocycles. The molecule has 2 unspecified atom stereocenters. The van der Waals surface area contributed by atoms with Gasteiger partial charge in [0.15, 0.2) is 0 Å². The van der Waals surface area contributed by atoms with E-state index in [0.29, 0.717) is 19.5 Å². The number of carboxylic acids is 1. The predicted octanol–water partition coefficient (Wildman–Crippen LogP) is 2.58. The van der Waals surface area contributed by atoms with Gasteiger partial charge in [-0.05, 0) is 18.4 Å². The summed E-state index contributed by atoms with van der Waals surface area (Å²) in [5.74, 6) is -1.87. The highest BCUT2D eigenvalue weighted by Crippen LogP contribution is 2.28. The normalized spacial score (nSPS) is 21.8. The Morgan fingerprint density at radius 1 is 1.29 bits per heavy atom. The molecule has 1 aromatic carbocycles. The number of unbranched alkanes of at least 4 members (excludes halogenated alkanes) is 2. The van der Waals surface area contributed by atoms with Crippen molar-refractivity contribution in [3.8, 4) is 0 Å². The van der Waals surface area contributed by atoms with Crippen molar-refractivity contribution in [1.82, 2.24) is 4.90 Å². The molecule has 4 heteroatoms. The third-order valence-corrected chi connectivity index (χ3v) is 4.18. The number of aliphatic carboxylic acids is 1. The lowest BCUT2D eigenvalue weighted by molar-refractivity contribution is -0.144. The number of likely N-dealkylation sites (tertiary alicyclic amines) is 1. The molecule has 0 aromatic heterocycles. The van der Waals surface area contributed by atoms with Gasteiger partial charge in [-0.25, -0.2) is 0 Å². The van der Waals surface area contributed by atoms with Gasteiger partial charge in [0.2, 0.25) is 5.91 Å². The Morgan fingerprint density at radius 3 is 2.62 bits per heavy atom. The van der Waals surface area contributed by atoms with Gasteiger partial charge in [-0.3, -0.25) is 9.59 Å². The van der Waals surface area contributed by atoms with E-state index in [0.717, 1.165) is 24.8 Å². The molecule has 0 spiro atoms. The minimum absolute atomic E-state index is 0.00218. The van der Waals surface area contributed by atoms with E-state index < -0.39 is 17.8 Å². The molecule has 1 N–H and O–H groups in total. The Hall–Kier alpha value is -1.84. The Kier molecular flexibility index (Phi) is 5.37. The minimum atomic E-state index is -0.859. The van der Waals surface area contributed by atoms with Crippen LogP contribution in [0.1, 0.15) is 31.7 Å². The highest BCUT2D eigenvalue weighted by atomic mass is 16.4. The van der Waals surface area contributed by atoms with Crippen LogP contribution in [-0.4, -0.2) is 35.0 Å². The lowest BCUT2D eigenvalue weighted by Crippen LogP contribution is -2.29. The van der Waals surface area contributed by atoms with Crippen LogP contribution < -0.4 is 0 Å². The molecule has 1 aliphatic heterocycles.